The van der Waals surface area contributed by atoms with Gasteiger partial charge in [-0.15, -0.1) is 0 Å². The van der Waals surface area contributed by atoms with Crippen molar-refractivity contribution in [3.8, 4) is 10.9 Å². The van der Waals surface area contributed by atoms with E-state index < -0.39 is 17.6 Å². The number of benzene rings is 3. The number of nitrogens with one attached hydrogen (secondary N) is 1. The van der Waals surface area contributed by atoms with Crippen molar-refractivity contribution in [2.24, 2.45) is 0 Å². The van der Waals surface area contributed by atoms with Crippen LogP contribution in [0, 0.1) is 13.8 Å². The topological polar surface area (TPSA) is 64.1 Å². The molecule has 0 radical (unpaired) electrons. The number of aryl methyl sites for hydroxylation is 2. The van der Waals surface area contributed by atoms with Crippen LogP contribution in [0.2, 0.25) is 0 Å². The molecule has 4 rings (SSSR count). The molecular formula is C26H22F3N3O2S. The molecule has 0 atom stereocenters. The number of carbonyl (C=O) groups excluding carboxylic acids is 1. The van der Waals surface area contributed by atoms with E-state index in [1.807, 2.05) is 38.1 Å². The fourth-order valence-electron chi connectivity index (χ4n) is 3.33. The van der Waals surface area contributed by atoms with Crippen LogP contribution >= 0.6 is 11.5 Å². The van der Waals surface area contributed by atoms with Gasteiger partial charge in [0.1, 0.15) is 5.75 Å². The third kappa shape index (κ3) is 6.45. The summed E-state index contributed by atoms with van der Waals surface area (Å²) in [6.07, 6.45) is -3.86. The number of nitrogens with zero attached hydrogens (tertiary/aromatic N) is 2. The van der Waals surface area contributed by atoms with Crippen LogP contribution in [-0.4, -0.2) is 15.3 Å². The highest BCUT2D eigenvalue weighted by Gasteiger charge is 2.30. The number of amides is 1. The molecule has 0 saturated heterocycles. The van der Waals surface area contributed by atoms with Crippen LogP contribution in [0.1, 0.15) is 44.0 Å². The van der Waals surface area contributed by atoms with Crippen LogP contribution in [0.15, 0.2) is 66.7 Å². The van der Waals surface area contributed by atoms with Crippen LogP contribution in [0.5, 0.6) is 10.9 Å². The number of alkyl halides is 3. The third-order valence-electron chi connectivity index (χ3n) is 5.29. The van der Waals surface area contributed by atoms with Crippen LogP contribution < -0.4 is 10.1 Å². The summed E-state index contributed by atoms with van der Waals surface area (Å²) in [6.45, 7) is 3.83. The Labute approximate surface area is 204 Å². The fraction of sp³-hybridized carbons (Fsp3) is 0.192. The minimum absolute atomic E-state index is 0.0361. The first-order chi connectivity index (χ1) is 16.7. The van der Waals surface area contributed by atoms with Crippen LogP contribution in [0.3, 0.4) is 0 Å². The predicted octanol–water partition coefficient (Wildman–Crippen LogP) is 6.49. The number of ether oxygens (including phenoxy) is 1. The number of aromatic nitrogens is 2. The zero-order chi connectivity index (χ0) is 25.0. The smallest absolute Gasteiger partial charge is 0.416 e. The second-order valence-corrected chi connectivity index (χ2v) is 8.82. The summed E-state index contributed by atoms with van der Waals surface area (Å²) in [7, 11) is 0. The fourth-order valence-corrected chi connectivity index (χ4v) is 3.89. The standard InChI is InChI=1S/C26H22F3N3O2S/c1-16-6-9-18(10-7-16)13-23-31-25(35-32-23)34-22-14-20(11-8-17(22)2)24(33)30-15-19-4-3-5-21(12-19)26(27,28)29/h3-12,14H,13,15H2,1-2H3,(H,30,33). The molecule has 35 heavy (non-hydrogen) atoms. The molecular weight excluding hydrogens is 475 g/mol. The Balaban J connectivity index is 1.41. The van der Waals surface area contributed by atoms with Gasteiger partial charge in [-0.05, 0) is 54.8 Å². The summed E-state index contributed by atoms with van der Waals surface area (Å²) in [5.41, 5.74) is 2.99. The molecule has 0 aliphatic heterocycles. The van der Waals surface area contributed by atoms with Gasteiger partial charge in [0.25, 0.3) is 11.1 Å². The van der Waals surface area contributed by atoms with Gasteiger partial charge in [0, 0.05) is 30.1 Å². The quantitative estimate of drug-likeness (QED) is 0.317. The molecule has 9 heteroatoms. The Kier molecular flexibility index (Phi) is 7.16. The summed E-state index contributed by atoms with van der Waals surface area (Å²) in [6, 6.07) is 17.9. The maximum absolute atomic E-state index is 12.9. The van der Waals surface area contributed by atoms with E-state index in [0.717, 1.165) is 34.8 Å². The Hall–Kier alpha value is -3.72. The molecule has 1 aromatic heterocycles. The molecule has 0 aliphatic rings. The first kappa shape index (κ1) is 24.4. The molecule has 0 unspecified atom stereocenters. The highest BCUT2D eigenvalue weighted by molar-refractivity contribution is 7.07. The minimum Gasteiger partial charge on any atom is -0.430 e. The Morgan fingerprint density at radius 1 is 1.00 bits per heavy atom. The maximum atomic E-state index is 12.9. The average molecular weight is 498 g/mol. The van der Waals surface area contributed by atoms with Gasteiger partial charge < -0.3 is 10.1 Å². The molecule has 5 nitrogen and oxygen atoms in total. The first-order valence-electron chi connectivity index (χ1n) is 10.8. The van der Waals surface area contributed by atoms with Gasteiger partial charge in [-0.25, -0.2) is 0 Å². The minimum atomic E-state index is -4.44. The van der Waals surface area contributed by atoms with Gasteiger partial charge in [0.15, 0.2) is 5.82 Å². The molecule has 0 spiro atoms. The number of halogens is 3. The normalized spacial score (nSPS) is 11.3. The van der Waals surface area contributed by atoms with Crippen LogP contribution in [0.25, 0.3) is 0 Å². The molecule has 0 aliphatic carbocycles. The van der Waals surface area contributed by atoms with Crippen molar-refractivity contribution >= 4 is 17.4 Å². The highest BCUT2D eigenvalue weighted by atomic mass is 32.1. The summed E-state index contributed by atoms with van der Waals surface area (Å²) >= 11 is 1.12. The van der Waals surface area contributed by atoms with E-state index in [9.17, 15) is 18.0 Å². The van der Waals surface area contributed by atoms with Gasteiger partial charge in [-0.1, -0.05) is 48.0 Å². The van der Waals surface area contributed by atoms with Crippen molar-refractivity contribution in [1.82, 2.24) is 14.7 Å². The maximum Gasteiger partial charge on any atom is 0.416 e. The molecule has 1 N–H and O–H groups in total. The molecule has 0 fully saturated rings. The lowest BCUT2D eigenvalue weighted by molar-refractivity contribution is -0.137. The molecule has 0 saturated carbocycles. The molecule has 1 heterocycles. The van der Waals surface area contributed by atoms with E-state index in [1.165, 1.54) is 17.7 Å². The van der Waals surface area contributed by atoms with E-state index in [-0.39, 0.29) is 6.54 Å². The van der Waals surface area contributed by atoms with Crippen molar-refractivity contribution in [2.45, 2.75) is 33.0 Å². The van der Waals surface area contributed by atoms with Gasteiger partial charge in [0.05, 0.1) is 5.56 Å². The van der Waals surface area contributed by atoms with Gasteiger partial charge in [-0.3, -0.25) is 4.79 Å². The second-order valence-electron chi connectivity index (χ2n) is 8.10. The Bertz CT molecular complexity index is 1330. The first-order valence-corrected chi connectivity index (χ1v) is 11.6. The Morgan fingerprint density at radius 3 is 2.51 bits per heavy atom. The zero-order valence-electron chi connectivity index (χ0n) is 19.0. The molecule has 4 aromatic rings. The largest absolute Gasteiger partial charge is 0.430 e. The van der Waals surface area contributed by atoms with Crippen molar-refractivity contribution < 1.29 is 22.7 Å². The van der Waals surface area contributed by atoms with Crippen LogP contribution in [-0.2, 0) is 19.1 Å². The summed E-state index contributed by atoms with van der Waals surface area (Å²) in [4.78, 5) is 17.1. The SMILES string of the molecule is Cc1ccc(Cc2nsc(Oc3cc(C(=O)NCc4cccc(C(F)(F)F)c4)ccc3C)n2)cc1. The van der Waals surface area contributed by atoms with Crippen LogP contribution in [0.4, 0.5) is 13.2 Å². The lowest BCUT2D eigenvalue weighted by atomic mass is 10.1. The van der Waals surface area contributed by atoms with Crippen molar-refractivity contribution in [2.75, 3.05) is 0 Å². The van der Waals surface area contributed by atoms with E-state index in [2.05, 4.69) is 14.7 Å². The summed E-state index contributed by atoms with van der Waals surface area (Å²) in [5, 5.41) is 3.01. The second kappa shape index (κ2) is 10.3. The molecule has 180 valence electrons. The van der Waals surface area contributed by atoms with E-state index >= 15 is 0 Å². The van der Waals surface area contributed by atoms with Crippen molar-refractivity contribution in [3.63, 3.8) is 0 Å². The van der Waals surface area contributed by atoms with E-state index in [4.69, 9.17) is 4.74 Å². The predicted molar refractivity (Wildman–Crippen MR) is 128 cm³/mol. The zero-order valence-corrected chi connectivity index (χ0v) is 19.8. The monoisotopic (exact) mass is 497 g/mol. The van der Waals surface area contributed by atoms with E-state index in [1.54, 1.807) is 18.2 Å². The van der Waals surface area contributed by atoms with Gasteiger partial charge in [0.2, 0.25) is 0 Å². The molecule has 0 bridgehead atoms. The lowest BCUT2D eigenvalue weighted by Gasteiger charge is -2.11. The van der Waals surface area contributed by atoms with Crippen molar-refractivity contribution in [3.05, 3.63) is 106 Å². The van der Waals surface area contributed by atoms with Crippen molar-refractivity contribution in [1.29, 1.82) is 0 Å². The number of carbonyl (C=O) groups is 1. The summed E-state index contributed by atoms with van der Waals surface area (Å²) < 4.78 is 49.0. The number of rotatable bonds is 7. The van der Waals surface area contributed by atoms with E-state index in [0.29, 0.717) is 34.3 Å². The van der Waals surface area contributed by atoms with Gasteiger partial charge in [-0.2, -0.15) is 22.5 Å². The highest BCUT2D eigenvalue weighted by Crippen LogP contribution is 2.30. The van der Waals surface area contributed by atoms with Gasteiger partial charge >= 0.3 is 6.18 Å². The number of hydrogen-bond donors (Lipinski definition) is 1. The third-order valence-corrected chi connectivity index (χ3v) is 5.92. The lowest BCUT2D eigenvalue weighted by Crippen LogP contribution is -2.23. The molecule has 1 amide bonds. The molecule has 3 aromatic carbocycles. The average Bonchev–Trinajstić information content (AvgIpc) is 3.27. The summed E-state index contributed by atoms with van der Waals surface area (Å²) in [5.74, 6) is 0.667. The Morgan fingerprint density at radius 2 is 1.77 bits per heavy atom. The number of hydrogen-bond acceptors (Lipinski definition) is 5.